The number of aromatic carboxylic acids is 1. The van der Waals surface area contributed by atoms with Crippen molar-refractivity contribution in [2.45, 2.75) is 123 Å². The van der Waals surface area contributed by atoms with Crippen LogP contribution in [0.4, 0.5) is 0 Å². The lowest BCUT2D eigenvalue weighted by atomic mass is 9.33. The first-order valence-electron chi connectivity index (χ1n) is 20.0. The Bertz CT molecular complexity index is 1710. The Labute approximate surface area is 303 Å². The summed E-state index contributed by atoms with van der Waals surface area (Å²) in [6.45, 7) is 23.1. The lowest BCUT2D eigenvalue weighted by Crippen LogP contribution is -2.68. The summed E-state index contributed by atoms with van der Waals surface area (Å²) in [4.78, 5) is 14.2. The summed E-state index contributed by atoms with van der Waals surface area (Å²) < 4.78 is 12.8. The van der Waals surface area contributed by atoms with E-state index in [9.17, 15) is 14.1 Å². The quantitative estimate of drug-likeness (QED) is 0.221. The predicted molar refractivity (Wildman–Crippen MR) is 208 cm³/mol. The van der Waals surface area contributed by atoms with E-state index in [-0.39, 0.29) is 16.4 Å². The van der Waals surface area contributed by atoms with E-state index in [4.69, 9.17) is 0 Å². The van der Waals surface area contributed by atoms with Crippen LogP contribution in [-0.2, 0) is 9.52 Å². The number of nitrogens with one attached hydrogen (secondary N) is 1. The molecule has 8 rings (SSSR count). The van der Waals surface area contributed by atoms with Crippen molar-refractivity contribution in [2.24, 2.45) is 51.2 Å². The highest BCUT2D eigenvalue weighted by molar-refractivity contribution is 8.01. The molecule has 7 aliphatic rings. The van der Waals surface area contributed by atoms with Gasteiger partial charge in [-0.25, -0.2) is 4.79 Å². The van der Waals surface area contributed by atoms with Crippen LogP contribution in [0.15, 0.2) is 42.5 Å². The van der Waals surface area contributed by atoms with Crippen molar-refractivity contribution in [2.75, 3.05) is 25.4 Å². The molecule has 0 amide bonds. The molecule has 2 aliphatic heterocycles. The molecule has 274 valence electrons. The van der Waals surface area contributed by atoms with Crippen LogP contribution >= 0.6 is 0 Å². The third-order valence-corrected chi connectivity index (χ3v) is 20.0. The number of benzene rings is 1. The molecule has 5 aliphatic carbocycles. The first-order valence-corrected chi connectivity index (χ1v) is 22.0. The van der Waals surface area contributed by atoms with Gasteiger partial charge in [-0.3, -0.25) is 9.11 Å². The number of rotatable bonds is 7. The lowest BCUT2D eigenvalue weighted by Gasteiger charge is -2.72. The summed E-state index contributed by atoms with van der Waals surface area (Å²) in [5, 5.41) is 14.1. The number of allylic oxidation sites excluding steroid dienone is 3. The number of carboxylic acid groups (broad SMARTS) is 1. The molecule has 5 nitrogen and oxygen atoms in total. The van der Waals surface area contributed by atoms with Crippen molar-refractivity contribution in [1.29, 1.82) is 0 Å². The third-order valence-electron chi connectivity index (χ3n) is 17.5. The van der Waals surface area contributed by atoms with Crippen molar-refractivity contribution in [3.8, 4) is 0 Å². The molecule has 2 bridgehead atoms. The van der Waals surface area contributed by atoms with Crippen molar-refractivity contribution in [3.05, 3.63) is 53.6 Å². The predicted octanol–water partition coefficient (Wildman–Crippen LogP) is 8.55. The molecule has 0 radical (unpaired) electrons. The number of fused-ring (bicyclic) bond motifs is 9. The van der Waals surface area contributed by atoms with E-state index in [1.54, 1.807) is 12.1 Å². The molecular formula is C44H64N2O3S. The zero-order chi connectivity index (χ0) is 35.6. The second-order valence-corrected chi connectivity index (χ2v) is 22.5. The average molecular weight is 701 g/mol. The topological polar surface area (TPSA) is 69.6 Å². The van der Waals surface area contributed by atoms with Crippen LogP contribution in [0.25, 0.3) is 5.57 Å². The highest BCUT2D eigenvalue weighted by atomic mass is 32.2. The van der Waals surface area contributed by atoms with Gasteiger partial charge in [0, 0.05) is 42.2 Å². The molecule has 4 saturated carbocycles. The third kappa shape index (κ3) is 4.85. The van der Waals surface area contributed by atoms with Gasteiger partial charge in [0.05, 0.1) is 5.56 Å². The number of likely N-dealkylation sites (tertiary alicyclic amines) is 1. The Hall–Kier alpha value is -1.89. The molecule has 12 atom stereocenters. The van der Waals surface area contributed by atoms with Gasteiger partial charge in [0.1, 0.15) is 0 Å². The van der Waals surface area contributed by atoms with Crippen LogP contribution in [0, 0.1) is 51.2 Å². The van der Waals surface area contributed by atoms with E-state index in [1.165, 1.54) is 68.1 Å². The molecule has 1 aromatic carbocycles. The Kier molecular flexibility index (Phi) is 8.12. The van der Waals surface area contributed by atoms with Crippen molar-refractivity contribution in [3.63, 3.8) is 0 Å². The highest BCUT2D eigenvalue weighted by Crippen LogP contribution is 2.76. The lowest BCUT2D eigenvalue weighted by molar-refractivity contribution is -0.219. The van der Waals surface area contributed by atoms with Gasteiger partial charge in [0.2, 0.25) is 0 Å². The Morgan fingerprint density at radius 3 is 2.36 bits per heavy atom. The van der Waals surface area contributed by atoms with Gasteiger partial charge in [-0.15, -0.1) is 0 Å². The van der Waals surface area contributed by atoms with Gasteiger partial charge in [0.15, 0.2) is 0 Å². The summed E-state index contributed by atoms with van der Waals surface area (Å²) >= 11 is 0. The maximum atomic E-state index is 12.8. The van der Waals surface area contributed by atoms with E-state index < -0.39 is 15.5 Å². The first kappa shape index (κ1) is 35.2. The summed E-state index contributed by atoms with van der Waals surface area (Å²) in [5.74, 6) is 7.30. The number of carbonyl (C=O) groups is 1. The monoisotopic (exact) mass is 700 g/mol. The minimum atomic E-state index is -1.86. The fourth-order valence-electron chi connectivity index (χ4n) is 14.9. The Morgan fingerprint density at radius 1 is 0.980 bits per heavy atom. The molecule has 6 heteroatoms. The molecular weight excluding hydrogens is 637 g/mol. The Morgan fingerprint density at radius 2 is 1.72 bits per heavy atom. The maximum absolute atomic E-state index is 12.8. The van der Waals surface area contributed by atoms with Crippen molar-refractivity contribution in [1.82, 2.24) is 10.2 Å². The molecule has 1 unspecified atom stereocenters. The molecule has 2 heterocycles. The fraction of sp³-hybridized carbons (Fsp3) is 0.727. The second-order valence-electron chi connectivity index (χ2n) is 19.7. The fourth-order valence-corrected chi connectivity index (χ4v) is 17.3. The molecule has 50 heavy (non-hydrogen) atoms. The van der Waals surface area contributed by atoms with Crippen LogP contribution in [0.3, 0.4) is 0 Å². The minimum Gasteiger partial charge on any atom is -0.478 e. The van der Waals surface area contributed by atoms with Gasteiger partial charge >= 0.3 is 5.97 Å². The van der Waals surface area contributed by atoms with Gasteiger partial charge in [-0.2, -0.15) is 0 Å². The molecule has 2 N–H and O–H groups in total. The highest BCUT2D eigenvalue weighted by Gasteiger charge is 2.70. The van der Waals surface area contributed by atoms with Gasteiger partial charge in [-0.05, 0) is 161 Å². The van der Waals surface area contributed by atoms with Crippen LogP contribution in [-0.4, -0.2) is 68.3 Å². The normalized spacial score (nSPS) is 47.5. The van der Waals surface area contributed by atoms with Gasteiger partial charge in [-0.1, -0.05) is 65.0 Å². The zero-order valence-electron chi connectivity index (χ0n) is 31.9. The van der Waals surface area contributed by atoms with Crippen LogP contribution in [0.2, 0.25) is 0 Å². The van der Waals surface area contributed by atoms with Crippen LogP contribution < -0.4 is 5.32 Å². The summed E-state index contributed by atoms with van der Waals surface area (Å²) in [7, 11) is -1.86. The van der Waals surface area contributed by atoms with Gasteiger partial charge < -0.3 is 10.4 Å². The standard InChI is InChI=1S/C44H64N2O3S/c1-28(2)33-15-20-44(45-23-24-46-26-32-25-31(46)27-50(32,8)49)22-21-42(6)35(38(33)44)13-14-37-41(5)18-16-34(29-9-11-30(12-10-29)39(47)48)40(3,4)36(41)17-19-43(37,42)7/h9-12,16,31-33,35-38,45H,1,8,13-15,17-27H2,2-7H3,(H,47,48)/t31-,32-,33+,35-,36+,37-,38-,41+,42-,43-,44+,50?/m1/s1. The number of nitrogens with zero attached hydrogens (tertiary/aromatic N) is 1. The van der Waals surface area contributed by atoms with Gasteiger partial charge in [0.25, 0.3) is 0 Å². The van der Waals surface area contributed by atoms with Crippen molar-refractivity contribution >= 4 is 26.9 Å². The van der Waals surface area contributed by atoms with E-state index in [0.29, 0.717) is 57.3 Å². The number of hydrogen-bond acceptors (Lipinski definition) is 4. The first-order chi connectivity index (χ1) is 23.5. The summed E-state index contributed by atoms with van der Waals surface area (Å²) in [5.41, 5.74) is 5.44. The van der Waals surface area contributed by atoms with E-state index in [0.717, 1.165) is 38.2 Å². The smallest absolute Gasteiger partial charge is 0.335 e. The van der Waals surface area contributed by atoms with Crippen LogP contribution in [0.5, 0.6) is 0 Å². The maximum Gasteiger partial charge on any atom is 0.335 e. The van der Waals surface area contributed by atoms with Crippen molar-refractivity contribution < 1.29 is 14.1 Å². The van der Waals surface area contributed by atoms with E-state index >= 15 is 0 Å². The molecule has 2 saturated heterocycles. The molecule has 0 aromatic heterocycles. The van der Waals surface area contributed by atoms with E-state index in [1.807, 2.05) is 12.1 Å². The molecule has 6 fully saturated rings. The average Bonchev–Trinajstić information content (AvgIpc) is 3.72. The summed E-state index contributed by atoms with van der Waals surface area (Å²) in [6.07, 6.45) is 15.1. The zero-order valence-corrected chi connectivity index (χ0v) is 32.7. The molecule has 0 spiro atoms. The van der Waals surface area contributed by atoms with Crippen LogP contribution in [0.1, 0.15) is 122 Å². The van der Waals surface area contributed by atoms with E-state index in [2.05, 4.69) is 70.3 Å². The number of hydrogen-bond donors (Lipinski definition) is 2. The number of carboxylic acids is 1. The summed E-state index contributed by atoms with van der Waals surface area (Å²) in [6, 6.07) is 8.10. The Balaban J connectivity index is 1.05. The molecule has 1 aromatic rings. The second kappa shape index (κ2) is 11.6. The minimum absolute atomic E-state index is 0.0257. The largest absolute Gasteiger partial charge is 0.478 e. The SMILES string of the molecule is C=C(C)[C@@H]1CC[C@]2(NCCN3C[C@H]4C[C@@H]3CS4(=C)=O)CC[C@]3(C)[C@H](CC[C@@H]4[C@@]5(C)CC=C(c6ccc(C(=O)O)cc6)C(C)(C)[C@@H]5CC[C@]43C)[C@@H]12.